The molecule has 112 valence electrons. The molecule has 0 radical (unpaired) electrons. The summed E-state index contributed by atoms with van der Waals surface area (Å²) in [5.41, 5.74) is 0.637. The van der Waals surface area contributed by atoms with Crippen LogP contribution in [0.25, 0.3) is 0 Å². The van der Waals surface area contributed by atoms with Crippen molar-refractivity contribution in [2.24, 2.45) is 0 Å². The minimum atomic E-state index is -0.490. The van der Waals surface area contributed by atoms with Crippen molar-refractivity contribution in [1.29, 1.82) is 0 Å². The molecule has 2 heterocycles. The van der Waals surface area contributed by atoms with Crippen molar-refractivity contribution in [3.05, 3.63) is 11.9 Å². The van der Waals surface area contributed by atoms with E-state index in [0.29, 0.717) is 45.1 Å². The zero-order chi connectivity index (χ0) is 14.4. The fraction of sp³-hybridized carbons (Fsp3) is 0.750. The van der Waals surface area contributed by atoms with Gasteiger partial charge < -0.3 is 19.1 Å². The highest BCUT2D eigenvalue weighted by atomic mass is 16.7. The van der Waals surface area contributed by atoms with Crippen molar-refractivity contribution >= 4 is 6.09 Å². The van der Waals surface area contributed by atoms with Crippen LogP contribution in [0.4, 0.5) is 4.79 Å². The standard InChI is InChI=1S/C12H20N4O4/c1-3-18-11(19-4-2)10-9-16(14-13-10)6-5-15-7-8-20-12(15)17/h9,11H,3-8H2,1-2H3. The number of hydrogen-bond acceptors (Lipinski definition) is 6. The first-order valence-electron chi connectivity index (χ1n) is 6.79. The van der Waals surface area contributed by atoms with Crippen LogP contribution in [0.2, 0.25) is 0 Å². The van der Waals surface area contributed by atoms with E-state index in [4.69, 9.17) is 14.2 Å². The van der Waals surface area contributed by atoms with E-state index in [1.54, 1.807) is 15.8 Å². The van der Waals surface area contributed by atoms with Crippen molar-refractivity contribution in [1.82, 2.24) is 19.9 Å². The lowest BCUT2D eigenvalue weighted by molar-refractivity contribution is -0.142. The topological polar surface area (TPSA) is 78.7 Å². The van der Waals surface area contributed by atoms with Gasteiger partial charge in [0.25, 0.3) is 0 Å². The molecule has 1 aliphatic rings. The van der Waals surface area contributed by atoms with E-state index >= 15 is 0 Å². The summed E-state index contributed by atoms with van der Waals surface area (Å²) in [6.07, 6.45) is 1.01. The number of nitrogens with zero attached hydrogens (tertiary/aromatic N) is 4. The van der Waals surface area contributed by atoms with Gasteiger partial charge in [-0.1, -0.05) is 5.21 Å². The Hall–Kier alpha value is -1.67. The molecular weight excluding hydrogens is 264 g/mol. The summed E-state index contributed by atoms with van der Waals surface area (Å²) in [7, 11) is 0. The lowest BCUT2D eigenvalue weighted by atomic mass is 10.4. The lowest BCUT2D eigenvalue weighted by Gasteiger charge is -2.13. The van der Waals surface area contributed by atoms with Crippen LogP contribution in [0.1, 0.15) is 25.8 Å². The molecule has 1 aliphatic heterocycles. The summed E-state index contributed by atoms with van der Waals surface area (Å²) < 4.78 is 17.4. The largest absolute Gasteiger partial charge is 0.448 e. The Bertz CT molecular complexity index is 431. The molecule has 1 aromatic rings. The second kappa shape index (κ2) is 7.20. The molecule has 8 nitrogen and oxygen atoms in total. The Kier molecular flexibility index (Phi) is 5.31. The lowest BCUT2D eigenvalue weighted by Crippen LogP contribution is -2.28. The van der Waals surface area contributed by atoms with Crippen LogP contribution in [0.15, 0.2) is 6.20 Å². The van der Waals surface area contributed by atoms with E-state index in [1.807, 2.05) is 13.8 Å². The maximum Gasteiger partial charge on any atom is 0.410 e. The number of amides is 1. The van der Waals surface area contributed by atoms with Gasteiger partial charge in [-0.2, -0.15) is 0 Å². The Morgan fingerprint density at radius 1 is 1.35 bits per heavy atom. The second-order valence-corrected chi connectivity index (χ2v) is 4.25. The van der Waals surface area contributed by atoms with Gasteiger partial charge in [-0.05, 0) is 13.8 Å². The molecule has 0 aromatic carbocycles. The van der Waals surface area contributed by atoms with Gasteiger partial charge in [0, 0.05) is 19.8 Å². The monoisotopic (exact) mass is 284 g/mol. The predicted molar refractivity (Wildman–Crippen MR) is 68.9 cm³/mol. The zero-order valence-electron chi connectivity index (χ0n) is 11.8. The van der Waals surface area contributed by atoms with Gasteiger partial charge in [-0.25, -0.2) is 4.79 Å². The Morgan fingerprint density at radius 3 is 2.70 bits per heavy atom. The number of cyclic esters (lactones) is 1. The van der Waals surface area contributed by atoms with Crippen molar-refractivity contribution in [2.75, 3.05) is 32.9 Å². The fourth-order valence-corrected chi connectivity index (χ4v) is 1.90. The molecule has 0 atom stereocenters. The van der Waals surface area contributed by atoms with Crippen LogP contribution < -0.4 is 0 Å². The normalized spacial score (nSPS) is 15.2. The van der Waals surface area contributed by atoms with Crippen LogP contribution in [0.3, 0.4) is 0 Å². The number of carbonyl (C=O) groups is 1. The van der Waals surface area contributed by atoms with Gasteiger partial charge in [0.05, 0.1) is 19.3 Å². The minimum absolute atomic E-state index is 0.271. The summed E-state index contributed by atoms with van der Waals surface area (Å²) in [5.74, 6) is 0. The van der Waals surface area contributed by atoms with Crippen molar-refractivity contribution in [2.45, 2.75) is 26.7 Å². The summed E-state index contributed by atoms with van der Waals surface area (Å²) in [6.45, 7) is 7.07. The summed E-state index contributed by atoms with van der Waals surface area (Å²) >= 11 is 0. The molecule has 0 unspecified atom stereocenters. The zero-order valence-corrected chi connectivity index (χ0v) is 11.8. The van der Waals surface area contributed by atoms with Gasteiger partial charge in [0.15, 0.2) is 0 Å². The Morgan fingerprint density at radius 2 is 2.10 bits per heavy atom. The molecule has 0 saturated carbocycles. The highest BCUT2D eigenvalue weighted by molar-refractivity contribution is 5.69. The summed E-state index contributed by atoms with van der Waals surface area (Å²) in [5, 5.41) is 8.06. The fourth-order valence-electron chi connectivity index (χ4n) is 1.90. The molecule has 0 spiro atoms. The van der Waals surface area contributed by atoms with Crippen molar-refractivity contribution in [3.8, 4) is 0 Å². The highest BCUT2D eigenvalue weighted by Crippen LogP contribution is 2.15. The first-order valence-corrected chi connectivity index (χ1v) is 6.79. The number of ether oxygens (including phenoxy) is 3. The SMILES string of the molecule is CCOC(OCC)c1cn(CCN2CCOC2=O)nn1. The average molecular weight is 284 g/mol. The number of carbonyl (C=O) groups excluding carboxylic acids is 1. The minimum Gasteiger partial charge on any atom is -0.448 e. The van der Waals surface area contributed by atoms with Crippen molar-refractivity contribution < 1.29 is 19.0 Å². The Balaban J connectivity index is 1.88. The number of hydrogen-bond donors (Lipinski definition) is 0. The van der Waals surface area contributed by atoms with E-state index < -0.39 is 6.29 Å². The maximum atomic E-state index is 11.3. The molecule has 1 aromatic heterocycles. The van der Waals surface area contributed by atoms with Gasteiger partial charge in [-0.15, -0.1) is 5.10 Å². The van der Waals surface area contributed by atoms with Crippen LogP contribution in [0.5, 0.6) is 0 Å². The van der Waals surface area contributed by atoms with Crippen LogP contribution in [0, 0.1) is 0 Å². The molecular formula is C12H20N4O4. The van der Waals surface area contributed by atoms with Gasteiger partial charge in [-0.3, -0.25) is 4.68 Å². The summed E-state index contributed by atoms with van der Waals surface area (Å²) in [6, 6.07) is 0. The molecule has 8 heteroatoms. The molecule has 0 N–H and O–H groups in total. The van der Waals surface area contributed by atoms with E-state index in [0.717, 1.165) is 0 Å². The molecule has 0 aliphatic carbocycles. The van der Waals surface area contributed by atoms with Crippen LogP contribution >= 0.6 is 0 Å². The Labute approximate surface area is 117 Å². The van der Waals surface area contributed by atoms with E-state index in [9.17, 15) is 4.79 Å². The third kappa shape index (κ3) is 3.67. The summed E-state index contributed by atoms with van der Waals surface area (Å²) in [4.78, 5) is 12.9. The molecule has 0 bridgehead atoms. The smallest absolute Gasteiger partial charge is 0.410 e. The highest BCUT2D eigenvalue weighted by Gasteiger charge is 2.22. The van der Waals surface area contributed by atoms with Gasteiger partial charge >= 0.3 is 6.09 Å². The predicted octanol–water partition coefficient (Wildman–Crippen LogP) is 0.802. The molecule has 1 amide bonds. The van der Waals surface area contributed by atoms with E-state index in [-0.39, 0.29) is 6.09 Å². The van der Waals surface area contributed by atoms with E-state index in [2.05, 4.69) is 10.3 Å². The first kappa shape index (κ1) is 14.7. The molecule has 2 rings (SSSR count). The maximum absolute atomic E-state index is 11.3. The third-order valence-corrected chi connectivity index (χ3v) is 2.88. The number of aromatic nitrogens is 3. The second-order valence-electron chi connectivity index (χ2n) is 4.25. The van der Waals surface area contributed by atoms with Crippen LogP contribution in [-0.4, -0.2) is 58.9 Å². The quantitative estimate of drug-likeness (QED) is 0.657. The third-order valence-electron chi connectivity index (χ3n) is 2.88. The van der Waals surface area contributed by atoms with Crippen LogP contribution in [-0.2, 0) is 20.8 Å². The van der Waals surface area contributed by atoms with E-state index in [1.165, 1.54) is 0 Å². The van der Waals surface area contributed by atoms with Gasteiger partial charge in [0.2, 0.25) is 6.29 Å². The average Bonchev–Trinajstić information content (AvgIpc) is 3.05. The molecule has 1 fully saturated rings. The molecule has 20 heavy (non-hydrogen) atoms. The molecule has 1 saturated heterocycles. The van der Waals surface area contributed by atoms with Crippen molar-refractivity contribution in [3.63, 3.8) is 0 Å². The number of rotatable bonds is 8. The van der Waals surface area contributed by atoms with Gasteiger partial charge in [0.1, 0.15) is 12.3 Å². The first-order chi connectivity index (χ1) is 9.74.